The Morgan fingerprint density at radius 3 is 2.69 bits per heavy atom. The summed E-state index contributed by atoms with van der Waals surface area (Å²) in [5, 5.41) is 0.457. The average Bonchev–Trinajstić information content (AvgIpc) is 3.41. The smallest absolute Gasteiger partial charge is 0.261 e. The minimum Gasteiger partial charge on any atom is -0.457 e. The summed E-state index contributed by atoms with van der Waals surface area (Å²) in [6.45, 7) is 7.07. The molecule has 0 N–H and O–H groups in total. The molecular formula is C31H31FN4O2S. The van der Waals surface area contributed by atoms with Crippen LogP contribution >= 0.6 is 11.3 Å². The largest absolute Gasteiger partial charge is 0.457 e. The number of hydrogen-bond donors (Lipinski definition) is 0. The zero-order valence-corrected chi connectivity index (χ0v) is 23.0. The van der Waals surface area contributed by atoms with E-state index in [1.165, 1.54) is 6.07 Å². The molecule has 0 radical (unpaired) electrons. The quantitative estimate of drug-likeness (QED) is 0.219. The zero-order valence-electron chi connectivity index (χ0n) is 22.1. The Labute approximate surface area is 230 Å². The van der Waals surface area contributed by atoms with Crippen molar-refractivity contribution < 1.29 is 9.13 Å². The van der Waals surface area contributed by atoms with Crippen LogP contribution in [0.25, 0.3) is 32.5 Å². The maximum Gasteiger partial charge on any atom is 0.261 e. The molecule has 0 saturated carbocycles. The van der Waals surface area contributed by atoms with E-state index in [-0.39, 0.29) is 11.4 Å². The third kappa shape index (κ3) is 5.31. The van der Waals surface area contributed by atoms with E-state index in [9.17, 15) is 9.18 Å². The van der Waals surface area contributed by atoms with Crippen LogP contribution in [0, 0.1) is 11.7 Å². The van der Waals surface area contributed by atoms with E-state index < -0.39 is 0 Å². The highest BCUT2D eigenvalue weighted by Gasteiger charge is 2.23. The van der Waals surface area contributed by atoms with Gasteiger partial charge in [0.15, 0.2) is 0 Å². The second kappa shape index (κ2) is 10.9. The number of ether oxygens (including phenoxy) is 1. The molecule has 0 unspecified atom stereocenters. The van der Waals surface area contributed by atoms with Gasteiger partial charge in [0.25, 0.3) is 5.56 Å². The number of aromatic nitrogens is 3. The summed E-state index contributed by atoms with van der Waals surface area (Å²) >= 11 is 1.55. The molecule has 1 fully saturated rings. The van der Waals surface area contributed by atoms with Gasteiger partial charge in [-0.05, 0) is 88.0 Å². The van der Waals surface area contributed by atoms with Crippen molar-refractivity contribution in [2.24, 2.45) is 5.92 Å². The van der Waals surface area contributed by atoms with Crippen molar-refractivity contribution in [1.29, 1.82) is 0 Å². The minimum atomic E-state index is -0.389. The molecule has 1 aliphatic heterocycles. The molecule has 0 spiro atoms. The topological polar surface area (TPSA) is 60.3 Å². The molecular weight excluding hydrogens is 511 g/mol. The fraction of sp³-hybridized carbons (Fsp3) is 0.323. The molecule has 0 aliphatic carbocycles. The maximum atomic E-state index is 14.9. The van der Waals surface area contributed by atoms with Gasteiger partial charge in [0, 0.05) is 25.2 Å². The highest BCUT2D eigenvalue weighted by molar-refractivity contribution is 7.16. The van der Waals surface area contributed by atoms with Crippen LogP contribution in [0.2, 0.25) is 0 Å². The van der Waals surface area contributed by atoms with Crippen LogP contribution in [0.4, 0.5) is 4.39 Å². The number of halogens is 1. The van der Waals surface area contributed by atoms with Gasteiger partial charge in [0.2, 0.25) is 0 Å². The predicted octanol–water partition coefficient (Wildman–Crippen LogP) is 7.12. The van der Waals surface area contributed by atoms with Gasteiger partial charge in [-0.15, -0.1) is 11.3 Å². The summed E-state index contributed by atoms with van der Waals surface area (Å²) in [5.41, 5.74) is 3.40. The van der Waals surface area contributed by atoms with E-state index in [4.69, 9.17) is 9.72 Å². The molecule has 0 bridgehead atoms. The predicted molar refractivity (Wildman–Crippen MR) is 155 cm³/mol. The first-order valence-electron chi connectivity index (χ1n) is 13.5. The molecule has 1 aliphatic rings. The first kappa shape index (κ1) is 25.6. The van der Waals surface area contributed by atoms with Gasteiger partial charge in [0.05, 0.1) is 32.2 Å². The van der Waals surface area contributed by atoms with Gasteiger partial charge >= 0.3 is 0 Å². The Hall–Kier alpha value is -3.62. The number of rotatable bonds is 7. The third-order valence-corrected chi connectivity index (χ3v) is 8.41. The Balaban J connectivity index is 1.37. The van der Waals surface area contributed by atoms with Crippen molar-refractivity contribution in [3.05, 3.63) is 82.3 Å². The first-order chi connectivity index (χ1) is 19.0. The minimum absolute atomic E-state index is 0.182. The standard InChI is InChI=1S/C31H31FN4O2S/c1-20(2)35-14-5-6-21(18-35)13-15-36-30(24-7-3-4-8-26(24)32)34-27-11-9-22(16-25(27)31(36)37)38-23-10-12-28-29(17-23)39-19-33-28/h3-4,7-12,16-17,19-21H,5-6,13-15,18H2,1-2H3/t21-/m1/s1. The van der Waals surface area contributed by atoms with Crippen LogP contribution in [0.1, 0.15) is 33.1 Å². The number of likely N-dealkylation sites (tertiary alicyclic amines) is 1. The van der Waals surface area contributed by atoms with Gasteiger partial charge in [0.1, 0.15) is 23.1 Å². The number of thiazole rings is 1. The second-order valence-electron chi connectivity index (χ2n) is 10.5. The summed E-state index contributed by atoms with van der Waals surface area (Å²) in [6, 6.07) is 18.1. The Kier molecular flexibility index (Phi) is 7.14. The summed E-state index contributed by atoms with van der Waals surface area (Å²) in [5.74, 6) is 1.68. The van der Waals surface area contributed by atoms with Crippen LogP contribution in [0.5, 0.6) is 11.5 Å². The van der Waals surface area contributed by atoms with E-state index in [1.807, 2.05) is 18.2 Å². The van der Waals surface area contributed by atoms with E-state index in [0.717, 1.165) is 42.6 Å². The summed E-state index contributed by atoms with van der Waals surface area (Å²) in [7, 11) is 0. The molecule has 200 valence electrons. The Morgan fingerprint density at radius 2 is 1.87 bits per heavy atom. The SMILES string of the molecule is CC(C)N1CCC[C@H](CCn2c(-c3ccccc3F)nc3ccc(Oc4ccc5ncsc5c4)cc3c2=O)C1. The lowest BCUT2D eigenvalue weighted by molar-refractivity contribution is 0.132. The molecule has 39 heavy (non-hydrogen) atoms. The van der Waals surface area contributed by atoms with Crippen molar-refractivity contribution in [3.63, 3.8) is 0 Å². The van der Waals surface area contributed by atoms with Crippen LogP contribution in [0.3, 0.4) is 0 Å². The van der Waals surface area contributed by atoms with Crippen LogP contribution in [0.15, 0.2) is 71.0 Å². The molecule has 8 heteroatoms. The summed E-state index contributed by atoms with van der Waals surface area (Å²) in [4.78, 5) is 25.6. The number of fused-ring (bicyclic) bond motifs is 2. The van der Waals surface area contributed by atoms with E-state index in [1.54, 1.807) is 57.8 Å². The summed E-state index contributed by atoms with van der Waals surface area (Å²) in [6.07, 6.45) is 3.13. The monoisotopic (exact) mass is 542 g/mol. The van der Waals surface area contributed by atoms with Gasteiger partial charge in [-0.25, -0.2) is 14.4 Å². The Bertz CT molecular complexity index is 1700. The van der Waals surface area contributed by atoms with E-state index in [2.05, 4.69) is 23.7 Å². The first-order valence-corrected chi connectivity index (χ1v) is 14.4. The van der Waals surface area contributed by atoms with Gasteiger partial charge in [-0.1, -0.05) is 12.1 Å². The van der Waals surface area contributed by atoms with E-state index in [0.29, 0.717) is 52.3 Å². The zero-order chi connectivity index (χ0) is 26.9. The third-order valence-electron chi connectivity index (χ3n) is 7.62. The number of benzene rings is 3. The molecule has 6 rings (SSSR count). The van der Waals surface area contributed by atoms with Crippen molar-refractivity contribution in [2.75, 3.05) is 13.1 Å². The van der Waals surface area contributed by atoms with Crippen molar-refractivity contribution in [3.8, 4) is 22.9 Å². The van der Waals surface area contributed by atoms with Gasteiger partial charge < -0.3 is 9.64 Å². The maximum absolute atomic E-state index is 14.9. The van der Waals surface area contributed by atoms with E-state index >= 15 is 0 Å². The molecule has 3 aromatic carbocycles. The Morgan fingerprint density at radius 1 is 1.08 bits per heavy atom. The highest BCUT2D eigenvalue weighted by Crippen LogP contribution is 2.30. The molecule has 2 aromatic heterocycles. The molecule has 3 heterocycles. The molecule has 6 nitrogen and oxygen atoms in total. The van der Waals surface area contributed by atoms with Crippen molar-refractivity contribution in [1.82, 2.24) is 19.4 Å². The average molecular weight is 543 g/mol. The van der Waals surface area contributed by atoms with Gasteiger partial charge in [-0.3, -0.25) is 9.36 Å². The van der Waals surface area contributed by atoms with Crippen LogP contribution < -0.4 is 10.3 Å². The fourth-order valence-corrected chi connectivity index (χ4v) is 6.17. The lowest BCUT2D eigenvalue weighted by Crippen LogP contribution is -2.40. The highest BCUT2D eigenvalue weighted by atomic mass is 32.1. The molecule has 1 saturated heterocycles. The molecule has 0 amide bonds. The normalized spacial score (nSPS) is 16.4. The van der Waals surface area contributed by atoms with Gasteiger partial charge in [-0.2, -0.15) is 0 Å². The number of nitrogens with zero attached hydrogens (tertiary/aromatic N) is 4. The lowest BCUT2D eigenvalue weighted by atomic mass is 9.94. The number of piperidine rings is 1. The van der Waals surface area contributed by atoms with Crippen molar-refractivity contribution >= 4 is 32.5 Å². The molecule has 1 atom stereocenters. The molecule has 5 aromatic rings. The second-order valence-corrected chi connectivity index (χ2v) is 11.4. The van der Waals surface area contributed by atoms with Crippen LogP contribution in [-0.4, -0.2) is 38.6 Å². The fourth-order valence-electron chi connectivity index (χ4n) is 5.47. The number of hydrogen-bond acceptors (Lipinski definition) is 6. The summed E-state index contributed by atoms with van der Waals surface area (Å²) < 4.78 is 23.7. The van der Waals surface area contributed by atoms with Crippen molar-refractivity contribution in [2.45, 2.75) is 45.7 Å². The lowest BCUT2D eigenvalue weighted by Gasteiger charge is -2.35. The van der Waals surface area contributed by atoms with Crippen LogP contribution in [-0.2, 0) is 6.54 Å².